The molecular weight excluding hydrogens is 605 g/mol. The minimum Gasteiger partial charge on any atom is -0.308 e. The van der Waals surface area contributed by atoms with Crippen LogP contribution in [-0.4, -0.2) is 9.13 Å². The second-order valence-corrected chi connectivity index (χ2v) is 11.7. The Labute approximate surface area is 264 Å². The summed E-state index contributed by atoms with van der Waals surface area (Å²) in [5.41, 5.74) is 3.63. The number of aromatic nitrogens is 2. The molecule has 0 aliphatic carbocycles. The van der Waals surface area contributed by atoms with Crippen molar-refractivity contribution in [3.63, 3.8) is 0 Å². The van der Waals surface area contributed by atoms with Crippen molar-refractivity contribution in [2.24, 2.45) is 0 Å². The zero-order valence-corrected chi connectivity index (χ0v) is 25.0. The molecule has 228 valence electrons. The van der Waals surface area contributed by atoms with Crippen molar-refractivity contribution in [2.75, 3.05) is 0 Å². The predicted octanol–water partition coefficient (Wildman–Crippen LogP) is 10.7. The Bertz CT molecular complexity index is 2650. The Balaban J connectivity index is 1.61. The quantitative estimate of drug-likeness (QED) is 0.109. The smallest absolute Gasteiger partial charge is 0.200 e. The van der Waals surface area contributed by atoms with Crippen LogP contribution >= 0.6 is 0 Å². The third-order valence-electron chi connectivity index (χ3n) is 8.87. The number of hydrogen-bond donors (Lipinski definition) is 0. The monoisotopic (exact) mass is 627 g/mol. The van der Waals surface area contributed by atoms with Crippen LogP contribution in [0.5, 0.6) is 0 Å². The molecule has 0 spiro atoms. The van der Waals surface area contributed by atoms with Gasteiger partial charge in [-0.2, -0.15) is 5.26 Å². The van der Waals surface area contributed by atoms with Crippen molar-refractivity contribution in [1.82, 2.24) is 9.13 Å². The van der Waals surface area contributed by atoms with E-state index in [0.29, 0.717) is 16.7 Å². The van der Waals surface area contributed by atoms with Crippen molar-refractivity contribution >= 4 is 43.6 Å². The van der Waals surface area contributed by atoms with Gasteiger partial charge in [-0.1, -0.05) is 59.7 Å². The van der Waals surface area contributed by atoms with Crippen molar-refractivity contribution in [3.8, 4) is 28.6 Å². The fourth-order valence-corrected chi connectivity index (χ4v) is 6.83. The molecule has 0 N–H and O–H groups in total. The van der Waals surface area contributed by atoms with Gasteiger partial charge in [0.15, 0.2) is 23.3 Å². The first-order valence-electron chi connectivity index (χ1n) is 14.8. The molecule has 8 aromatic rings. The molecule has 8 heteroatoms. The number of para-hydroxylation sites is 2. The first-order chi connectivity index (χ1) is 22.7. The number of nitrogens with zero attached hydrogens (tertiary/aromatic N) is 3. The molecule has 0 aliphatic rings. The molecule has 3 nitrogen and oxygen atoms in total. The largest absolute Gasteiger partial charge is 0.308 e. The van der Waals surface area contributed by atoms with E-state index in [1.54, 1.807) is 16.7 Å². The average Bonchev–Trinajstić information content (AvgIpc) is 3.58. The molecule has 0 radical (unpaired) electrons. The van der Waals surface area contributed by atoms with Crippen molar-refractivity contribution in [2.45, 2.75) is 13.8 Å². The van der Waals surface area contributed by atoms with Crippen LogP contribution in [0.4, 0.5) is 22.0 Å². The molecule has 47 heavy (non-hydrogen) atoms. The number of nitriles is 1. The Morgan fingerprint density at radius 2 is 0.979 bits per heavy atom. The van der Waals surface area contributed by atoms with E-state index in [0.717, 1.165) is 43.7 Å². The Hall–Kier alpha value is -5.94. The van der Waals surface area contributed by atoms with Crippen LogP contribution in [0, 0.1) is 54.3 Å². The van der Waals surface area contributed by atoms with Gasteiger partial charge in [-0.05, 0) is 62.4 Å². The maximum Gasteiger partial charge on any atom is 0.200 e. The van der Waals surface area contributed by atoms with Gasteiger partial charge >= 0.3 is 0 Å². The van der Waals surface area contributed by atoms with E-state index >= 15 is 8.78 Å². The van der Waals surface area contributed by atoms with E-state index in [4.69, 9.17) is 0 Å². The van der Waals surface area contributed by atoms with Crippen LogP contribution in [-0.2, 0) is 0 Å². The average molecular weight is 628 g/mol. The molecule has 2 heterocycles. The van der Waals surface area contributed by atoms with Crippen molar-refractivity contribution in [1.29, 1.82) is 5.26 Å². The summed E-state index contributed by atoms with van der Waals surface area (Å²) in [4.78, 5) is 0. The van der Waals surface area contributed by atoms with E-state index in [2.05, 4.69) is 6.07 Å². The summed E-state index contributed by atoms with van der Waals surface area (Å²) in [6.07, 6.45) is 0. The van der Waals surface area contributed by atoms with Crippen molar-refractivity contribution in [3.05, 3.63) is 143 Å². The highest BCUT2D eigenvalue weighted by molar-refractivity contribution is 6.12. The number of hydrogen-bond acceptors (Lipinski definition) is 1. The normalized spacial score (nSPS) is 11.7. The highest BCUT2D eigenvalue weighted by Gasteiger charge is 2.31. The number of rotatable bonds is 3. The van der Waals surface area contributed by atoms with E-state index in [1.165, 1.54) is 12.1 Å². The van der Waals surface area contributed by atoms with Crippen LogP contribution in [0.3, 0.4) is 0 Å². The number of halogens is 5. The van der Waals surface area contributed by atoms with Gasteiger partial charge in [-0.3, -0.25) is 0 Å². The van der Waals surface area contributed by atoms with E-state index in [9.17, 15) is 18.4 Å². The van der Waals surface area contributed by atoms with Gasteiger partial charge < -0.3 is 9.13 Å². The van der Waals surface area contributed by atoms with Gasteiger partial charge in [0.05, 0.1) is 39.0 Å². The maximum atomic E-state index is 15.6. The molecule has 0 atom stereocenters. The number of benzene rings is 6. The Morgan fingerprint density at radius 3 is 1.53 bits per heavy atom. The Morgan fingerprint density at radius 1 is 0.511 bits per heavy atom. The molecule has 0 bridgehead atoms. The maximum absolute atomic E-state index is 15.6. The van der Waals surface area contributed by atoms with Crippen LogP contribution in [0.15, 0.2) is 97.1 Å². The molecular formula is C39H22F5N3. The third kappa shape index (κ3) is 3.96. The highest BCUT2D eigenvalue weighted by Crippen LogP contribution is 2.44. The zero-order valence-electron chi connectivity index (χ0n) is 25.0. The first kappa shape index (κ1) is 28.5. The summed E-state index contributed by atoms with van der Waals surface area (Å²) in [5, 5.41) is 14.4. The minimum absolute atomic E-state index is 0.0127. The molecule has 0 amide bonds. The molecule has 0 aliphatic heterocycles. The molecule has 2 aromatic heterocycles. The molecule has 0 saturated carbocycles. The summed E-state index contributed by atoms with van der Waals surface area (Å²) in [6.45, 7) is 3.91. The lowest BCUT2D eigenvalue weighted by molar-refractivity contribution is 0.381. The van der Waals surface area contributed by atoms with Gasteiger partial charge in [0.1, 0.15) is 11.6 Å². The number of aryl methyl sites for hydroxylation is 2. The summed E-state index contributed by atoms with van der Waals surface area (Å²) < 4.78 is 78.6. The molecule has 6 aromatic carbocycles. The second-order valence-electron chi connectivity index (χ2n) is 11.7. The highest BCUT2D eigenvalue weighted by atomic mass is 19.2. The molecule has 0 saturated heterocycles. The van der Waals surface area contributed by atoms with Crippen LogP contribution in [0.2, 0.25) is 0 Å². The van der Waals surface area contributed by atoms with Gasteiger partial charge in [-0.25, -0.2) is 22.0 Å². The van der Waals surface area contributed by atoms with Crippen molar-refractivity contribution < 1.29 is 22.0 Å². The van der Waals surface area contributed by atoms with Gasteiger partial charge in [0.25, 0.3) is 0 Å². The summed E-state index contributed by atoms with van der Waals surface area (Å²) >= 11 is 0. The summed E-state index contributed by atoms with van der Waals surface area (Å²) in [7, 11) is 0. The zero-order chi connectivity index (χ0) is 32.7. The molecule has 8 rings (SSSR count). The fraction of sp³-hybridized carbons (Fsp3) is 0.0513. The van der Waals surface area contributed by atoms with Crippen LogP contribution < -0.4 is 0 Å². The standard InChI is InChI=1S/C39H22F5N3/c1-20-11-14-30-25(17-20)22-7-3-5-9-28(22)46(30)32-16-13-24(33-34(40)36(42)38(44)37(43)35(33)41)39(27(32)19-45)47-29-10-6-4-8-23(29)26-18-21(2)12-15-31(26)47/h3-18H,1-2H3. The van der Waals surface area contributed by atoms with E-state index in [1.807, 2.05) is 91.2 Å². The lowest BCUT2D eigenvalue weighted by Gasteiger charge is -2.20. The Kier molecular flexibility index (Phi) is 6.25. The predicted molar refractivity (Wildman–Crippen MR) is 175 cm³/mol. The van der Waals surface area contributed by atoms with Gasteiger partial charge in [0, 0.05) is 27.1 Å². The lowest BCUT2D eigenvalue weighted by Crippen LogP contribution is -2.10. The summed E-state index contributed by atoms with van der Waals surface area (Å²) in [6, 6.07) is 31.6. The van der Waals surface area contributed by atoms with Crippen LogP contribution in [0.25, 0.3) is 66.1 Å². The number of fused-ring (bicyclic) bond motifs is 6. The summed E-state index contributed by atoms with van der Waals surface area (Å²) in [5.74, 6) is -10.4. The van der Waals surface area contributed by atoms with Gasteiger partial charge in [-0.15, -0.1) is 0 Å². The van der Waals surface area contributed by atoms with Gasteiger partial charge in [0.2, 0.25) is 5.82 Å². The molecule has 0 fully saturated rings. The lowest BCUT2D eigenvalue weighted by atomic mass is 9.96. The van der Waals surface area contributed by atoms with E-state index < -0.39 is 34.6 Å². The second kappa shape index (κ2) is 10.3. The minimum atomic E-state index is -2.25. The topological polar surface area (TPSA) is 33.6 Å². The first-order valence-corrected chi connectivity index (χ1v) is 14.8. The third-order valence-corrected chi connectivity index (χ3v) is 8.87. The van der Waals surface area contributed by atoms with E-state index in [-0.39, 0.29) is 16.8 Å². The van der Waals surface area contributed by atoms with Crippen LogP contribution in [0.1, 0.15) is 16.7 Å². The SMILES string of the molecule is Cc1ccc2c(c1)c1ccccc1n2-c1ccc(-c2c(F)c(F)c(F)c(F)c2F)c(-n2c3ccccc3c3cc(C)ccc32)c1C#N. The molecule has 0 unspecified atom stereocenters. The fourth-order valence-electron chi connectivity index (χ4n) is 6.83.